The molecule has 0 aliphatic heterocycles. The summed E-state index contributed by atoms with van der Waals surface area (Å²) in [4.78, 5) is 7.98. The van der Waals surface area contributed by atoms with Gasteiger partial charge in [-0.15, -0.1) is 0 Å². The topological polar surface area (TPSA) is 63.8 Å². The lowest BCUT2D eigenvalue weighted by molar-refractivity contribution is 0.627. The fourth-order valence-electron chi connectivity index (χ4n) is 1.48. The molecular weight excluding hydrogens is 219 g/mol. The Morgan fingerprint density at radius 1 is 1.24 bits per heavy atom. The van der Waals surface area contributed by atoms with E-state index in [0.717, 1.165) is 16.8 Å². The molecule has 0 aliphatic carbocycles. The molecule has 2 rings (SSSR count). The van der Waals surface area contributed by atoms with Gasteiger partial charge in [0.15, 0.2) is 0 Å². The van der Waals surface area contributed by atoms with Crippen LogP contribution in [-0.2, 0) is 0 Å². The smallest absolute Gasteiger partial charge is 0.221 e. The summed E-state index contributed by atoms with van der Waals surface area (Å²) in [6.45, 7) is 3.70. The van der Waals surface area contributed by atoms with Crippen LogP contribution in [0.5, 0.6) is 0 Å². The van der Waals surface area contributed by atoms with Crippen LogP contribution in [0, 0.1) is 19.7 Å². The molecule has 5 heteroatoms. The molecule has 0 radical (unpaired) electrons. The van der Waals surface area contributed by atoms with E-state index in [2.05, 4.69) is 15.3 Å². The van der Waals surface area contributed by atoms with E-state index in [4.69, 9.17) is 5.73 Å². The van der Waals surface area contributed by atoms with Crippen LogP contribution in [0.4, 0.5) is 21.8 Å². The molecule has 1 aromatic carbocycles. The standard InChI is InChI=1S/C12H13FN4/c1-7-5-9(13)3-4-10(7)16-11-8(2)6-15-12(14)17-11/h3-6H,1-2H3,(H3,14,15,16,17). The van der Waals surface area contributed by atoms with Crippen molar-refractivity contribution in [2.75, 3.05) is 11.1 Å². The largest absolute Gasteiger partial charge is 0.368 e. The highest BCUT2D eigenvalue weighted by Crippen LogP contribution is 2.22. The number of nitrogens with zero attached hydrogens (tertiary/aromatic N) is 2. The fourth-order valence-corrected chi connectivity index (χ4v) is 1.48. The summed E-state index contributed by atoms with van der Waals surface area (Å²) in [6.07, 6.45) is 1.64. The second kappa shape index (κ2) is 4.37. The van der Waals surface area contributed by atoms with Gasteiger partial charge in [-0.2, -0.15) is 4.98 Å². The first kappa shape index (κ1) is 11.3. The van der Waals surface area contributed by atoms with Gasteiger partial charge in [-0.25, -0.2) is 9.37 Å². The molecule has 0 aliphatic rings. The molecule has 1 heterocycles. The monoisotopic (exact) mass is 232 g/mol. The van der Waals surface area contributed by atoms with Gasteiger partial charge in [0.25, 0.3) is 0 Å². The lowest BCUT2D eigenvalue weighted by Crippen LogP contribution is -2.02. The van der Waals surface area contributed by atoms with Crippen LogP contribution in [0.2, 0.25) is 0 Å². The molecule has 1 aromatic heterocycles. The maximum atomic E-state index is 13.0. The summed E-state index contributed by atoms with van der Waals surface area (Å²) in [5, 5.41) is 3.11. The Morgan fingerprint density at radius 3 is 2.71 bits per heavy atom. The number of anilines is 3. The SMILES string of the molecule is Cc1cc(F)ccc1Nc1nc(N)ncc1C. The van der Waals surface area contributed by atoms with Gasteiger partial charge >= 0.3 is 0 Å². The Bertz CT molecular complexity index is 554. The van der Waals surface area contributed by atoms with Gasteiger partial charge in [0.1, 0.15) is 11.6 Å². The van der Waals surface area contributed by atoms with Crippen LogP contribution in [0.3, 0.4) is 0 Å². The highest BCUT2D eigenvalue weighted by molar-refractivity contribution is 5.62. The van der Waals surface area contributed by atoms with Crippen molar-refractivity contribution < 1.29 is 4.39 Å². The van der Waals surface area contributed by atoms with Crippen LogP contribution in [0.1, 0.15) is 11.1 Å². The molecule has 2 aromatic rings. The Hall–Kier alpha value is -2.17. The molecule has 4 nitrogen and oxygen atoms in total. The molecule has 0 atom stereocenters. The zero-order valence-corrected chi connectivity index (χ0v) is 9.66. The molecular formula is C12H13FN4. The van der Waals surface area contributed by atoms with Crippen LogP contribution in [-0.4, -0.2) is 9.97 Å². The van der Waals surface area contributed by atoms with Gasteiger partial charge in [0.05, 0.1) is 0 Å². The number of aryl methyl sites for hydroxylation is 2. The summed E-state index contributed by atoms with van der Waals surface area (Å²) in [5.74, 6) is 0.581. The van der Waals surface area contributed by atoms with E-state index in [0.29, 0.717) is 5.82 Å². The fraction of sp³-hybridized carbons (Fsp3) is 0.167. The number of hydrogen-bond donors (Lipinski definition) is 2. The minimum absolute atomic E-state index is 0.206. The number of nitrogens with one attached hydrogen (secondary N) is 1. The lowest BCUT2D eigenvalue weighted by Gasteiger charge is -2.11. The first-order valence-corrected chi connectivity index (χ1v) is 5.18. The predicted molar refractivity (Wildman–Crippen MR) is 65.6 cm³/mol. The number of nitrogen functional groups attached to an aromatic ring is 1. The minimum atomic E-state index is -0.257. The van der Waals surface area contributed by atoms with Crippen LogP contribution in [0.15, 0.2) is 24.4 Å². The summed E-state index contributed by atoms with van der Waals surface area (Å²) >= 11 is 0. The maximum Gasteiger partial charge on any atom is 0.221 e. The van der Waals surface area contributed by atoms with E-state index >= 15 is 0 Å². The van der Waals surface area contributed by atoms with E-state index in [1.165, 1.54) is 12.1 Å². The van der Waals surface area contributed by atoms with E-state index in [9.17, 15) is 4.39 Å². The third-order valence-corrected chi connectivity index (χ3v) is 2.43. The molecule has 17 heavy (non-hydrogen) atoms. The molecule has 3 N–H and O–H groups in total. The molecule has 88 valence electrons. The quantitative estimate of drug-likeness (QED) is 0.835. The maximum absolute atomic E-state index is 13.0. The van der Waals surface area contributed by atoms with Crippen molar-refractivity contribution in [3.8, 4) is 0 Å². The van der Waals surface area contributed by atoms with Crippen molar-refractivity contribution in [3.63, 3.8) is 0 Å². The van der Waals surface area contributed by atoms with Gasteiger partial charge in [0.2, 0.25) is 5.95 Å². The summed E-state index contributed by atoms with van der Waals surface area (Å²) < 4.78 is 13.0. The van der Waals surface area contributed by atoms with E-state index in [1.807, 2.05) is 13.8 Å². The zero-order valence-electron chi connectivity index (χ0n) is 9.66. The normalized spacial score (nSPS) is 10.3. The Kier molecular flexibility index (Phi) is 2.91. The van der Waals surface area contributed by atoms with E-state index < -0.39 is 0 Å². The van der Waals surface area contributed by atoms with Gasteiger partial charge in [-0.05, 0) is 37.6 Å². The van der Waals surface area contributed by atoms with Crippen molar-refractivity contribution in [1.29, 1.82) is 0 Å². The number of benzene rings is 1. The van der Waals surface area contributed by atoms with Crippen LogP contribution in [0.25, 0.3) is 0 Å². The van der Waals surface area contributed by atoms with Crippen molar-refractivity contribution in [2.24, 2.45) is 0 Å². The average molecular weight is 232 g/mol. The number of halogens is 1. The third kappa shape index (κ3) is 2.50. The molecule has 0 spiro atoms. The molecule has 0 unspecified atom stereocenters. The third-order valence-electron chi connectivity index (χ3n) is 2.43. The highest BCUT2D eigenvalue weighted by atomic mass is 19.1. The van der Waals surface area contributed by atoms with Gasteiger partial charge in [0, 0.05) is 17.4 Å². The molecule has 0 bridgehead atoms. The highest BCUT2D eigenvalue weighted by Gasteiger charge is 2.05. The van der Waals surface area contributed by atoms with Crippen molar-refractivity contribution >= 4 is 17.5 Å². The number of rotatable bonds is 2. The number of nitrogens with two attached hydrogens (primary N) is 1. The number of aromatic nitrogens is 2. The number of hydrogen-bond acceptors (Lipinski definition) is 4. The van der Waals surface area contributed by atoms with Gasteiger partial charge < -0.3 is 11.1 Å². The first-order chi connectivity index (χ1) is 8.06. The van der Waals surface area contributed by atoms with Gasteiger partial charge in [-0.1, -0.05) is 0 Å². The Morgan fingerprint density at radius 2 is 2.00 bits per heavy atom. The Labute approximate surface area is 98.7 Å². The first-order valence-electron chi connectivity index (χ1n) is 5.18. The predicted octanol–water partition coefficient (Wildman–Crippen LogP) is 2.56. The minimum Gasteiger partial charge on any atom is -0.368 e. The van der Waals surface area contributed by atoms with E-state index in [1.54, 1.807) is 12.3 Å². The summed E-state index contributed by atoms with van der Waals surface area (Å²) in [6, 6.07) is 4.53. The Balaban J connectivity index is 2.34. The van der Waals surface area contributed by atoms with Crippen molar-refractivity contribution in [1.82, 2.24) is 9.97 Å². The van der Waals surface area contributed by atoms with Crippen LogP contribution < -0.4 is 11.1 Å². The second-order valence-electron chi connectivity index (χ2n) is 3.84. The summed E-state index contributed by atoms with van der Waals surface area (Å²) in [7, 11) is 0. The van der Waals surface area contributed by atoms with Crippen LogP contribution >= 0.6 is 0 Å². The second-order valence-corrected chi connectivity index (χ2v) is 3.84. The van der Waals surface area contributed by atoms with Gasteiger partial charge in [-0.3, -0.25) is 0 Å². The molecule has 0 saturated carbocycles. The molecule has 0 saturated heterocycles. The average Bonchev–Trinajstić information content (AvgIpc) is 2.27. The zero-order chi connectivity index (χ0) is 12.4. The lowest BCUT2D eigenvalue weighted by atomic mass is 10.2. The molecule has 0 amide bonds. The molecule has 0 fully saturated rings. The van der Waals surface area contributed by atoms with E-state index in [-0.39, 0.29) is 11.8 Å². The van der Waals surface area contributed by atoms with Crippen molar-refractivity contribution in [2.45, 2.75) is 13.8 Å². The summed E-state index contributed by atoms with van der Waals surface area (Å²) in [5.41, 5.74) is 8.00. The van der Waals surface area contributed by atoms with Crippen molar-refractivity contribution in [3.05, 3.63) is 41.3 Å².